The number of rotatable bonds is 4. The van der Waals surface area contributed by atoms with Crippen molar-refractivity contribution in [3.05, 3.63) is 0 Å². The Morgan fingerprint density at radius 1 is 1.50 bits per heavy atom. The number of hydrogen-bond acceptors (Lipinski definition) is 3. The molecule has 18 heavy (non-hydrogen) atoms. The maximum absolute atomic E-state index is 11.9. The fourth-order valence-corrected chi connectivity index (χ4v) is 2.61. The van der Waals surface area contributed by atoms with Crippen LogP contribution in [0.25, 0.3) is 0 Å². The number of nitrogens with one attached hydrogen (secondary N) is 1. The van der Waals surface area contributed by atoms with Crippen molar-refractivity contribution < 1.29 is 9.53 Å². The number of carbonyl (C=O) groups is 1. The fourth-order valence-electron chi connectivity index (χ4n) is 2.61. The van der Waals surface area contributed by atoms with Gasteiger partial charge in [0.1, 0.15) is 0 Å². The van der Waals surface area contributed by atoms with Crippen molar-refractivity contribution in [2.24, 2.45) is 5.92 Å². The molecule has 0 saturated carbocycles. The summed E-state index contributed by atoms with van der Waals surface area (Å²) in [6.07, 6.45) is 2.14. The van der Waals surface area contributed by atoms with Crippen LogP contribution in [0.15, 0.2) is 0 Å². The number of nitrogens with zero attached hydrogens (tertiary/aromatic N) is 1. The van der Waals surface area contributed by atoms with Crippen LogP contribution in [0.1, 0.15) is 40.5 Å². The predicted octanol–water partition coefficient (Wildman–Crippen LogP) is 1.65. The van der Waals surface area contributed by atoms with Crippen LogP contribution >= 0.6 is 0 Å². The van der Waals surface area contributed by atoms with E-state index in [1.165, 1.54) is 0 Å². The number of amides is 1. The van der Waals surface area contributed by atoms with Gasteiger partial charge in [-0.1, -0.05) is 0 Å². The Morgan fingerprint density at radius 2 is 2.11 bits per heavy atom. The fraction of sp³-hybridized carbons (Fsp3) is 0.929. The second-order valence-electron chi connectivity index (χ2n) is 6.49. The van der Waals surface area contributed by atoms with Gasteiger partial charge in [-0.3, -0.25) is 9.69 Å². The topological polar surface area (TPSA) is 41.6 Å². The Bertz CT molecular complexity index is 300. The van der Waals surface area contributed by atoms with Crippen LogP contribution in [-0.4, -0.2) is 49.2 Å². The number of carbonyl (C=O) groups excluding carboxylic acids is 1. The molecule has 0 spiro atoms. The molecule has 1 aliphatic rings. The summed E-state index contributed by atoms with van der Waals surface area (Å²) in [6, 6.07) is 0. The molecule has 106 valence electrons. The molecule has 1 amide bonds. The summed E-state index contributed by atoms with van der Waals surface area (Å²) in [6.45, 7) is 9.98. The summed E-state index contributed by atoms with van der Waals surface area (Å²) >= 11 is 0. The number of ether oxygens (including phenoxy) is 1. The molecule has 4 heteroatoms. The van der Waals surface area contributed by atoms with E-state index in [1.54, 1.807) is 7.05 Å². The Labute approximate surface area is 111 Å². The van der Waals surface area contributed by atoms with Crippen molar-refractivity contribution in [1.82, 2.24) is 10.2 Å². The highest BCUT2D eigenvalue weighted by molar-refractivity contribution is 5.85. The third kappa shape index (κ3) is 3.69. The zero-order valence-corrected chi connectivity index (χ0v) is 12.7. The highest BCUT2D eigenvalue weighted by atomic mass is 16.5. The predicted molar refractivity (Wildman–Crippen MR) is 73.5 cm³/mol. The Hall–Kier alpha value is -0.610. The van der Waals surface area contributed by atoms with Crippen LogP contribution in [-0.2, 0) is 9.53 Å². The average Bonchev–Trinajstić information content (AvgIpc) is 2.26. The largest absolute Gasteiger partial charge is 0.376 e. The maximum atomic E-state index is 11.9. The minimum Gasteiger partial charge on any atom is -0.376 e. The van der Waals surface area contributed by atoms with Gasteiger partial charge in [-0.05, 0) is 53.5 Å². The Morgan fingerprint density at radius 3 is 2.61 bits per heavy atom. The van der Waals surface area contributed by atoms with Crippen LogP contribution < -0.4 is 5.32 Å². The highest BCUT2D eigenvalue weighted by Gasteiger charge is 2.35. The standard InChI is InChI=1S/C14H28N2O2/c1-13(2)9-11(7-8-18-13)10-16(6)14(3,4)12(17)15-5/h11H,7-10H2,1-6H3,(H,15,17). The zero-order chi connectivity index (χ0) is 14.0. The normalized spacial score (nSPS) is 24.1. The summed E-state index contributed by atoms with van der Waals surface area (Å²) in [4.78, 5) is 14.0. The van der Waals surface area contributed by atoms with E-state index in [0.717, 1.165) is 26.0 Å². The molecule has 1 rings (SSSR count). The van der Waals surface area contributed by atoms with Crippen molar-refractivity contribution in [2.45, 2.75) is 51.7 Å². The molecule has 1 unspecified atom stereocenters. The first-order valence-corrected chi connectivity index (χ1v) is 6.76. The third-order valence-corrected chi connectivity index (χ3v) is 4.07. The van der Waals surface area contributed by atoms with E-state index in [9.17, 15) is 4.79 Å². The Kier molecular flexibility index (Phi) is 4.78. The van der Waals surface area contributed by atoms with Gasteiger partial charge in [-0.2, -0.15) is 0 Å². The maximum Gasteiger partial charge on any atom is 0.239 e. The molecule has 0 bridgehead atoms. The molecule has 1 aliphatic heterocycles. The first kappa shape index (κ1) is 15.4. The average molecular weight is 256 g/mol. The van der Waals surface area contributed by atoms with Gasteiger partial charge >= 0.3 is 0 Å². The van der Waals surface area contributed by atoms with Gasteiger partial charge < -0.3 is 10.1 Å². The molecule has 0 aromatic carbocycles. The smallest absolute Gasteiger partial charge is 0.239 e. The molecule has 0 aromatic rings. The van der Waals surface area contributed by atoms with Crippen molar-refractivity contribution in [2.75, 3.05) is 27.2 Å². The van der Waals surface area contributed by atoms with Gasteiger partial charge in [-0.15, -0.1) is 0 Å². The van der Waals surface area contributed by atoms with Crippen LogP contribution in [0.3, 0.4) is 0 Å². The molecular weight excluding hydrogens is 228 g/mol. The molecule has 0 radical (unpaired) electrons. The van der Waals surface area contributed by atoms with E-state index in [4.69, 9.17) is 4.74 Å². The van der Waals surface area contributed by atoms with E-state index in [1.807, 2.05) is 20.9 Å². The van der Waals surface area contributed by atoms with Gasteiger partial charge in [0.05, 0.1) is 11.1 Å². The molecule has 0 aromatic heterocycles. The molecule has 1 saturated heterocycles. The molecule has 0 aliphatic carbocycles. The lowest BCUT2D eigenvalue weighted by Gasteiger charge is -2.40. The van der Waals surface area contributed by atoms with Gasteiger partial charge in [0, 0.05) is 20.2 Å². The Balaban J connectivity index is 2.59. The van der Waals surface area contributed by atoms with Crippen molar-refractivity contribution in [3.63, 3.8) is 0 Å². The van der Waals surface area contributed by atoms with Gasteiger partial charge in [0.25, 0.3) is 0 Å². The number of hydrogen-bond donors (Lipinski definition) is 1. The summed E-state index contributed by atoms with van der Waals surface area (Å²) in [7, 11) is 3.72. The lowest BCUT2D eigenvalue weighted by atomic mass is 9.87. The second kappa shape index (κ2) is 5.57. The van der Waals surface area contributed by atoms with E-state index >= 15 is 0 Å². The van der Waals surface area contributed by atoms with Crippen LogP contribution in [0, 0.1) is 5.92 Å². The van der Waals surface area contributed by atoms with E-state index < -0.39 is 5.54 Å². The molecular formula is C14H28N2O2. The molecule has 4 nitrogen and oxygen atoms in total. The van der Waals surface area contributed by atoms with Crippen molar-refractivity contribution in [1.29, 1.82) is 0 Å². The molecule has 1 atom stereocenters. The van der Waals surface area contributed by atoms with Crippen molar-refractivity contribution >= 4 is 5.91 Å². The zero-order valence-electron chi connectivity index (χ0n) is 12.7. The monoisotopic (exact) mass is 256 g/mol. The molecule has 1 heterocycles. The summed E-state index contributed by atoms with van der Waals surface area (Å²) in [5, 5.41) is 2.73. The van der Waals surface area contributed by atoms with Crippen LogP contribution in [0.4, 0.5) is 0 Å². The summed E-state index contributed by atoms with van der Waals surface area (Å²) < 4.78 is 5.73. The SMILES string of the molecule is CNC(=O)C(C)(C)N(C)CC1CCOC(C)(C)C1. The quantitative estimate of drug-likeness (QED) is 0.831. The molecule has 1 fully saturated rings. The first-order chi connectivity index (χ1) is 8.19. The van der Waals surface area contributed by atoms with Gasteiger partial charge in [-0.25, -0.2) is 0 Å². The lowest BCUT2D eigenvalue weighted by Crippen LogP contribution is -2.54. The van der Waals surface area contributed by atoms with Gasteiger partial charge in [0.15, 0.2) is 0 Å². The van der Waals surface area contributed by atoms with E-state index in [0.29, 0.717) is 5.92 Å². The first-order valence-electron chi connectivity index (χ1n) is 6.76. The minimum atomic E-state index is -0.461. The van der Waals surface area contributed by atoms with Crippen LogP contribution in [0.2, 0.25) is 0 Å². The highest BCUT2D eigenvalue weighted by Crippen LogP contribution is 2.30. The lowest BCUT2D eigenvalue weighted by molar-refractivity contribution is -0.131. The summed E-state index contributed by atoms with van der Waals surface area (Å²) in [5.41, 5.74) is -0.488. The minimum absolute atomic E-state index is 0.0269. The third-order valence-electron chi connectivity index (χ3n) is 4.07. The summed E-state index contributed by atoms with van der Waals surface area (Å²) in [5.74, 6) is 0.666. The second-order valence-corrected chi connectivity index (χ2v) is 6.49. The van der Waals surface area contributed by atoms with Gasteiger partial charge in [0.2, 0.25) is 5.91 Å². The van der Waals surface area contributed by atoms with Crippen LogP contribution in [0.5, 0.6) is 0 Å². The molecule has 1 N–H and O–H groups in total. The van der Waals surface area contributed by atoms with E-state index in [2.05, 4.69) is 24.1 Å². The number of likely N-dealkylation sites (N-methyl/N-ethyl adjacent to an activating group) is 2. The van der Waals surface area contributed by atoms with E-state index in [-0.39, 0.29) is 11.5 Å². The van der Waals surface area contributed by atoms with Crippen molar-refractivity contribution in [3.8, 4) is 0 Å².